The monoisotopic (exact) mass is 336 g/mol. The van der Waals surface area contributed by atoms with Gasteiger partial charge in [-0.2, -0.15) is 0 Å². The van der Waals surface area contributed by atoms with E-state index in [0.717, 1.165) is 0 Å². The van der Waals surface area contributed by atoms with Gasteiger partial charge in [-0.05, 0) is 57.3 Å². The molecular weight excluding hydrogens is 316 g/mol. The number of rotatable bonds is 2. The highest BCUT2D eigenvalue weighted by molar-refractivity contribution is 6.06. The highest BCUT2D eigenvalue weighted by Crippen LogP contribution is 2.35. The van der Waals surface area contributed by atoms with Gasteiger partial charge in [-0.15, -0.1) is 0 Å². The zero-order valence-corrected chi connectivity index (χ0v) is 13.5. The van der Waals surface area contributed by atoms with E-state index < -0.39 is 0 Å². The molecule has 2 aromatic carbocycles. The van der Waals surface area contributed by atoms with Crippen LogP contribution >= 0.6 is 0 Å². The van der Waals surface area contributed by atoms with E-state index in [0.29, 0.717) is 0 Å². The van der Waals surface area contributed by atoms with Crippen LogP contribution in [0.3, 0.4) is 0 Å². The molecule has 0 fully saturated rings. The minimum absolute atomic E-state index is 0. The number of benzene rings is 2. The van der Waals surface area contributed by atoms with E-state index in [1.807, 2.05) is 24.8 Å². The Kier molecular flexibility index (Phi) is 6.90. The molecule has 128 valence electrons. The molecule has 2 aromatic heterocycles. The number of hydrogen-bond acceptors (Lipinski definition) is 2. The number of pyridine rings is 2. The maximum atomic E-state index is 4.12. The van der Waals surface area contributed by atoms with Crippen molar-refractivity contribution >= 4 is 10.8 Å². The van der Waals surface area contributed by atoms with Crippen LogP contribution in [0.1, 0.15) is 0 Å². The first-order valence-corrected chi connectivity index (χ1v) is 7.26. The zero-order valence-electron chi connectivity index (χ0n) is 13.5. The fourth-order valence-corrected chi connectivity index (χ4v) is 2.89. The molecule has 5 heteroatoms. The summed E-state index contributed by atoms with van der Waals surface area (Å²) in [4.78, 5) is 8.25. The van der Waals surface area contributed by atoms with Crippen LogP contribution in [0, 0.1) is 0 Å². The molecule has 0 spiro atoms. The van der Waals surface area contributed by atoms with Crippen LogP contribution in [0.5, 0.6) is 0 Å². The fraction of sp³-hybridized carbons (Fsp3) is 0. The summed E-state index contributed by atoms with van der Waals surface area (Å²) >= 11 is 0. The van der Waals surface area contributed by atoms with Crippen LogP contribution in [0.15, 0.2) is 85.5 Å². The molecule has 5 nitrogen and oxygen atoms in total. The molecule has 0 saturated heterocycles. The Balaban J connectivity index is 0.00000104. The summed E-state index contributed by atoms with van der Waals surface area (Å²) in [6.45, 7) is 0. The van der Waals surface area contributed by atoms with Crippen molar-refractivity contribution < 1.29 is 16.4 Å². The zero-order chi connectivity index (χ0) is 14.8. The Morgan fingerprint density at radius 1 is 0.480 bits per heavy atom. The number of aromatic nitrogens is 2. The molecule has 2 heterocycles. The first-order chi connectivity index (χ1) is 10.9. The molecule has 0 aliphatic rings. The van der Waals surface area contributed by atoms with Crippen molar-refractivity contribution in [3.63, 3.8) is 0 Å². The molecule has 0 amide bonds. The Labute approximate surface area is 145 Å². The van der Waals surface area contributed by atoms with Gasteiger partial charge in [0.25, 0.3) is 0 Å². The Morgan fingerprint density at radius 3 is 1.28 bits per heavy atom. The standard InChI is InChI=1S/C20H14N2.3H2O/c1-3-17-4-2-6-19(16-9-13-22-14-10-16)20(17)18(5-1)15-7-11-21-12-8-15;;;/h1-14H;3*1H2. The van der Waals surface area contributed by atoms with Gasteiger partial charge in [0.15, 0.2) is 0 Å². The molecule has 0 radical (unpaired) electrons. The second-order valence-corrected chi connectivity index (χ2v) is 5.18. The molecule has 0 bridgehead atoms. The predicted octanol–water partition coefficient (Wildman–Crippen LogP) is 2.49. The fourth-order valence-electron chi connectivity index (χ4n) is 2.89. The van der Waals surface area contributed by atoms with Crippen LogP contribution in [-0.4, -0.2) is 26.4 Å². The Morgan fingerprint density at radius 2 is 0.880 bits per heavy atom. The molecule has 0 atom stereocenters. The highest BCUT2D eigenvalue weighted by atomic mass is 16.0. The van der Waals surface area contributed by atoms with Gasteiger partial charge >= 0.3 is 0 Å². The van der Waals surface area contributed by atoms with Gasteiger partial charge in [0.1, 0.15) is 0 Å². The lowest BCUT2D eigenvalue weighted by atomic mass is 9.92. The second kappa shape index (κ2) is 8.65. The van der Waals surface area contributed by atoms with Gasteiger partial charge in [0.05, 0.1) is 0 Å². The maximum Gasteiger partial charge on any atom is 0.0273 e. The van der Waals surface area contributed by atoms with Crippen molar-refractivity contribution in [3.8, 4) is 22.3 Å². The third-order valence-corrected chi connectivity index (χ3v) is 3.89. The average molecular weight is 336 g/mol. The summed E-state index contributed by atoms with van der Waals surface area (Å²) < 4.78 is 0. The van der Waals surface area contributed by atoms with Crippen molar-refractivity contribution in [2.75, 3.05) is 0 Å². The minimum atomic E-state index is 0. The lowest BCUT2D eigenvalue weighted by Crippen LogP contribution is -1.86. The highest BCUT2D eigenvalue weighted by Gasteiger charge is 2.09. The largest absolute Gasteiger partial charge is 0.412 e. The molecule has 0 aliphatic heterocycles. The molecule has 0 aliphatic carbocycles. The topological polar surface area (TPSA) is 120 Å². The van der Waals surface area contributed by atoms with Crippen LogP contribution < -0.4 is 0 Å². The molecule has 25 heavy (non-hydrogen) atoms. The summed E-state index contributed by atoms with van der Waals surface area (Å²) in [5.41, 5.74) is 4.82. The molecule has 4 rings (SSSR count). The van der Waals surface area contributed by atoms with Crippen LogP contribution in [0.4, 0.5) is 0 Å². The molecule has 4 aromatic rings. The summed E-state index contributed by atoms with van der Waals surface area (Å²) in [6.07, 6.45) is 7.35. The van der Waals surface area contributed by atoms with Crippen LogP contribution in [-0.2, 0) is 0 Å². The summed E-state index contributed by atoms with van der Waals surface area (Å²) in [5.74, 6) is 0. The Hall–Kier alpha value is -3.12. The van der Waals surface area contributed by atoms with E-state index in [-0.39, 0.29) is 16.4 Å². The van der Waals surface area contributed by atoms with E-state index in [1.165, 1.54) is 33.0 Å². The van der Waals surface area contributed by atoms with Crippen molar-refractivity contribution in [1.82, 2.24) is 9.97 Å². The van der Waals surface area contributed by atoms with Crippen LogP contribution in [0.2, 0.25) is 0 Å². The van der Waals surface area contributed by atoms with E-state index in [9.17, 15) is 0 Å². The van der Waals surface area contributed by atoms with Gasteiger partial charge in [-0.25, -0.2) is 0 Å². The molecule has 0 saturated carbocycles. The molecule has 0 unspecified atom stereocenters. The smallest absolute Gasteiger partial charge is 0.0273 e. The molecular formula is C20H20N2O3. The van der Waals surface area contributed by atoms with Gasteiger partial charge < -0.3 is 16.4 Å². The summed E-state index contributed by atoms with van der Waals surface area (Å²) in [7, 11) is 0. The SMILES string of the molecule is O.O.O.c1cc(-c2ccncc2)c2c(-c3ccncc3)cccc2c1. The normalized spacial score (nSPS) is 9.44. The van der Waals surface area contributed by atoms with Gasteiger partial charge in [0.2, 0.25) is 0 Å². The van der Waals surface area contributed by atoms with Crippen molar-refractivity contribution in [1.29, 1.82) is 0 Å². The lowest BCUT2D eigenvalue weighted by Gasteiger charge is -2.12. The predicted molar refractivity (Wildman–Crippen MR) is 101 cm³/mol. The number of fused-ring (bicyclic) bond motifs is 1. The minimum Gasteiger partial charge on any atom is -0.412 e. The Bertz CT molecular complexity index is 855. The van der Waals surface area contributed by atoms with Crippen molar-refractivity contribution in [3.05, 3.63) is 85.5 Å². The third-order valence-electron chi connectivity index (χ3n) is 3.89. The van der Waals surface area contributed by atoms with E-state index in [1.54, 1.807) is 0 Å². The van der Waals surface area contributed by atoms with E-state index >= 15 is 0 Å². The summed E-state index contributed by atoms with van der Waals surface area (Å²) in [6, 6.07) is 21.1. The quantitative estimate of drug-likeness (QED) is 0.558. The van der Waals surface area contributed by atoms with Crippen molar-refractivity contribution in [2.45, 2.75) is 0 Å². The third kappa shape index (κ3) is 3.70. The van der Waals surface area contributed by atoms with Gasteiger partial charge in [0, 0.05) is 24.8 Å². The van der Waals surface area contributed by atoms with E-state index in [2.05, 4.69) is 70.6 Å². The van der Waals surface area contributed by atoms with E-state index in [4.69, 9.17) is 0 Å². The average Bonchev–Trinajstić information content (AvgIpc) is 2.62. The van der Waals surface area contributed by atoms with Gasteiger partial charge in [-0.3, -0.25) is 9.97 Å². The first kappa shape index (κ1) is 19.9. The van der Waals surface area contributed by atoms with Gasteiger partial charge in [-0.1, -0.05) is 36.4 Å². The van der Waals surface area contributed by atoms with Crippen molar-refractivity contribution in [2.24, 2.45) is 0 Å². The number of nitrogens with zero attached hydrogens (tertiary/aromatic N) is 2. The lowest BCUT2D eigenvalue weighted by molar-refractivity contribution is 0.823. The first-order valence-electron chi connectivity index (χ1n) is 7.26. The maximum absolute atomic E-state index is 4.12. The summed E-state index contributed by atoms with van der Waals surface area (Å²) in [5, 5.41) is 2.51. The van der Waals surface area contributed by atoms with Crippen LogP contribution in [0.25, 0.3) is 33.0 Å². The molecule has 6 N–H and O–H groups in total. The second-order valence-electron chi connectivity index (χ2n) is 5.18. The number of hydrogen-bond donors (Lipinski definition) is 0.